The lowest BCUT2D eigenvalue weighted by molar-refractivity contribution is 0.184. The SMILES string of the molecule is COc1ccc(S(=O)(=O)N2CCN(CCCn3cncn3)CC2)cc1. The van der Waals surface area contributed by atoms with Gasteiger partial charge in [0.15, 0.2) is 0 Å². The van der Waals surface area contributed by atoms with Crippen molar-refractivity contribution < 1.29 is 13.2 Å². The lowest BCUT2D eigenvalue weighted by atomic mass is 10.3. The van der Waals surface area contributed by atoms with E-state index < -0.39 is 10.0 Å². The van der Waals surface area contributed by atoms with E-state index in [1.54, 1.807) is 42.0 Å². The maximum absolute atomic E-state index is 12.7. The summed E-state index contributed by atoms with van der Waals surface area (Å²) in [6.07, 6.45) is 4.21. The van der Waals surface area contributed by atoms with Gasteiger partial charge in [0, 0.05) is 39.3 Å². The molecule has 0 N–H and O–H groups in total. The van der Waals surface area contributed by atoms with Crippen LogP contribution in [0.25, 0.3) is 0 Å². The Morgan fingerprint density at radius 1 is 1.08 bits per heavy atom. The number of hydrogen-bond acceptors (Lipinski definition) is 6. The van der Waals surface area contributed by atoms with E-state index in [1.165, 1.54) is 6.33 Å². The number of benzene rings is 1. The molecule has 25 heavy (non-hydrogen) atoms. The number of aryl methyl sites for hydroxylation is 1. The number of nitrogens with zero attached hydrogens (tertiary/aromatic N) is 5. The first-order valence-corrected chi connectivity index (χ1v) is 9.72. The Morgan fingerprint density at radius 2 is 1.80 bits per heavy atom. The lowest BCUT2D eigenvalue weighted by Crippen LogP contribution is -2.48. The van der Waals surface area contributed by atoms with E-state index in [2.05, 4.69) is 15.0 Å². The van der Waals surface area contributed by atoms with Crippen LogP contribution in [-0.2, 0) is 16.6 Å². The van der Waals surface area contributed by atoms with Gasteiger partial charge in [-0.05, 0) is 30.7 Å². The second-order valence-corrected chi connectivity index (χ2v) is 7.87. The van der Waals surface area contributed by atoms with E-state index in [4.69, 9.17) is 4.74 Å². The van der Waals surface area contributed by atoms with Crippen LogP contribution in [0.4, 0.5) is 0 Å². The molecule has 2 heterocycles. The minimum Gasteiger partial charge on any atom is -0.497 e. The van der Waals surface area contributed by atoms with Gasteiger partial charge in [0.05, 0.1) is 12.0 Å². The number of hydrogen-bond donors (Lipinski definition) is 0. The maximum Gasteiger partial charge on any atom is 0.243 e. The van der Waals surface area contributed by atoms with Crippen molar-refractivity contribution in [1.82, 2.24) is 24.0 Å². The van der Waals surface area contributed by atoms with E-state index >= 15 is 0 Å². The van der Waals surface area contributed by atoms with Crippen LogP contribution < -0.4 is 4.74 Å². The molecule has 1 aromatic carbocycles. The van der Waals surface area contributed by atoms with Crippen molar-refractivity contribution >= 4 is 10.0 Å². The summed E-state index contributed by atoms with van der Waals surface area (Å²) in [6, 6.07) is 6.54. The predicted octanol–water partition coefficient (Wildman–Crippen LogP) is 0.683. The molecule has 1 aliphatic heterocycles. The van der Waals surface area contributed by atoms with Gasteiger partial charge in [-0.1, -0.05) is 0 Å². The Labute approximate surface area is 148 Å². The van der Waals surface area contributed by atoms with Gasteiger partial charge in [0.2, 0.25) is 10.0 Å². The number of aromatic nitrogens is 3. The van der Waals surface area contributed by atoms with E-state index in [1.807, 2.05) is 4.68 Å². The molecule has 0 saturated carbocycles. The molecule has 0 amide bonds. The first-order valence-electron chi connectivity index (χ1n) is 8.28. The average molecular weight is 365 g/mol. The Kier molecular flexibility index (Phi) is 5.67. The highest BCUT2D eigenvalue weighted by molar-refractivity contribution is 7.89. The lowest BCUT2D eigenvalue weighted by Gasteiger charge is -2.34. The summed E-state index contributed by atoms with van der Waals surface area (Å²) in [4.78, 5) is 6.52. The predicted molar refractivity (Wildman–Crippen MR) is 92.8 cm³/mol. The maximum atomic E-state index is 12.7. The van der Waals surface area contributed by atoms with Crippen LogP contribution >= 0.6 is 0 Å². The first kappa shape index (κ1) is 17.8. The summed E-state index contributed by atoms with van der Waals surface area (Å²) < 4.78 is 33.9. The second kappa shape index (κ2) is 7.94. The fourth-order valence-electron chi connectivity index (χ4n) is 2.89. The fourth-order valence-corrected chi connectivity index (χ4v) is 4.32. The molecule has 0 unspecified atom stereocenters. The van der Waals surface area contributed by atoms with Crippen LogP contribution in [-0.4, -0.2) is 72.2 Å². The van der Waals surface area contributed by atoms with Gasteiger partial charge in [0.25, 0.3) is 0 Å². The van der Waals surface area contributed by atoms with E-state index in [9.17, 15) is 8.42 Å². The zero-order chi connectivity index (χ0) is 17.7. The van der Waals surface area contributed by atoms with Crippen molar-refractivity contribution in [3.05, 3.63) is 36.9 Å². The summed E-state index contributed by atoms with van der Waals surface area (Å²) in [7, 11) is -1.88. The standard InChI is InChI=1S/C16H23N5O3S/c1-24-15-3-5-16(6-4-15)25(22,23)21-11-9-19(10-12-21)7-2-8-20-14-17-13-18-20/h3-6,13-14H,2,7-12H2,1H3. The minimum absolute atomic E-state index is 0.313. The number of ether oxygens (including phenoxy) is 1. The number of sulfonamides is 1. The summed E-state index contributed by atoms with van der Waals surface area (Å²) in [5.41, 5.74) is 0. The highest BCUT2D eigenvalue weighted by Crippen LogP contribution is 2.20. The molecule has 0 spiro atoms. The summed E-state index contributed by atoms with van der Waals surface area (Å²) in [5.74, 6) is 0.649. The smallest absolute Gasteiger partial charge is 0.243 e. The van der Waals surface area contributed by atoms with Crippen molar-refractivity contribution in [3.63, 3.8) is 0 Å². The Bertz CT molecular complexity index is 754. The molecule has 1 aliphatic rings. The van der Waals surface area contributed by atoms with Crippen LogP contribution in [0.3, 0.4) is 0 Å². The summed E-state index contributed by atoms with van der Waals surface area (Å²) in [6.45, 7) is 4.26. The van der Waals surface area contributed by atoms with Crippen LogP contribution in [0, 0.1) is 0 Å². The van der Waals surface area contributed by atoms with Crippen LogP contribution in [0.15, 0.2) is 41.8 Å². The van der Waals surface area contributed by atoms with Gasteiger partial charge in [-0.25, -0.2) is 13.4 Å². The second-order valence-electron chi connectivity index (χ2n) is 5.93. The Morgan fingerprint density at radius 3 is 2.40 bits per heavy atom. The van der Waals surface area contributed by atoms with E-state index in [-0.39, 0.29) is 0 Å². The van der Waals surface area contributed by atoms with Gasteiger partial charge in [0.1, 0.15) is 18.4 Å². The molecule has 2 aromatic rings. The average Bonchev–Trinajstić information content (AvgIpc) is 3.16. The first-order chi connectivity index (χ1) is 12.1. The van der Waals surface area contributed by atoms with Gasteiger partial charge in [-0.3, -0.25) is 4.68 Å². The molecule has 8 nitrogen and oxygen atoms in total. The quantitative estimate of drug-likeness (QED) is 0.718. The Balaban J connectivity index is 1.50. The molecule has 1 saturated heterocycles. The molecule has 9 heteroatoms. The van der Waals surface area contributed by atoms with Crippen molar-refractivity contribution in [1.29, 1.82) is 0 Å². The largest absolute Gasteiger partial charge is 0.497 e. The number of methoxy groups -OCH3 is 1. The third kappa shape index (κ3) is 4.36. The molecular weight excluding hydrogens is 342 g/mol. The van der Waals surface area contributed by atoms with Crippen LogP contribution in [0.5, 0.6) is 5.75 Å². The molecule has 136 valence electrons. The summed E-state index contributed by atoms with van der Waals surface area (Å²) in [5, 5.41) is 4.08. The molecule has 3 rings (SSSR count). The molecule has 1 aromatic heterocycles. The van der Waals surface area contributed by atoms with E-state index in [0.29, 0.717) is 23.7 Å². The van der Waals surface area contributed by atoms with Gasteiger partial charge >= 0.3 is 0 Å². The zero-order valence-electron chi connectivity index (χ0n) is 14.3. The minimum atomic E-state index is -3.44. The molecular formula is C16H23N5O3S. The molecule has 0 aliphatic carbocycles. The van der Waals surface area contributed by atoms with Crippen molar-refractivity contribution in [2.75, 3.05) is 39.8 Å². The molecule has 0 atom stereocenters. The normalized spacial score (nSPS) is 16.8. The van der Waals surface area contributed by atoms with Crippen LogP contribution in [0.1, 0.15) is 6.42 Å². The fraction of sp³-hybridized carbons (Fsp3) is 0.500. The third-order valence-corrected chi connectivity index (χ3v) is 6.27. The monoisotopic (exact) mass is 365 g/mol. The highest BCUT2D eigenvalue weighted by Gasteiger charge is 2.28. The Hall–Kier alpha value is -1.97. The summed E-state index contributed by atoms with van der Waals surface area (Å²) >= 11 is 0. The number of piperazine rings is 1. The van der Waals surface area contributed by atoms with Gasteiger partial charge in [-0.15, -0.1) is 0 Å². The van der Waals surface area contributed by atoms with Crippen molar-refractivity contribution in [3.8, 4) is 5.75 Å². The van der Waals surface area contributed by atoms with Crippen LogP contribution in [0.2, 0.25) is 0 Å². The van der Waals surface area contributed by atoms with E-state index in [0.717, 1.165) is 32.6 Å². The molecule has 0 radical (unpaired) electrons. The number of rotatable bonds is 7. The topological polar surface area (TPSA) is 80.6 Å². The van der Waals surface area contributed by atoms with Crippen molar-refractivity contribution in [2.24, 2.45) is 0 Å². The zero-order valence-corrected chi connectivity index (χ0v) is 15.1. The third-order valence-electron chi connectivity index (χ3n) is 4.36. The van der Waals surface area contributed by atoms with Gasteiger partial charge in [-0.2, -0.15) is 9.40 Å². The van der Waals surface area contributed by atoms with Gasteiger partial charge < -0.3 is 9.64 Å². The highest BCUT2D eigenvalue weighted by atomic mass is 32.2. The molecule has 0 bridgehead atoms. The van der Waals surface area contributed by atoms with Crippen molar-refractivity contribution in [2.45, 2.75) is 17.9 Å². The molecule has 1 fully saturated rings.